The number of ketones is 1. The molecule has 0 aliphatic heterocycles. The molecule has 3 rings (SSSR count). The maximum absolute atomic E-state index is 12.2. The Morgan fingerprint density at radius 2 is 1.58 bits per heavy atom. The highest BCUT2D eigenvalue weighted by Crippen LogP contribution is 2.39. The summed E-state index contributed by atoms with van der Waals surface area (Å²) in [7, 11) is 0. The molecule has 0 spiro atoms. The van der Waals surface area contributed by atoms with E-state index in [1.807, 2.05) is 30.3 Å². The zero-order valence-electron chi connectivity index (χ0n) is 14.7. The summed E-state index contributed by atoms with van der Waals surface area (Å²) in [5, 5.41) is 5.71. The van der Waals surface area contributed by atoms with Gasteiger partial charge in [-0.3, -0.25) is 14.4 Å². The molecule has 2 atom stereocenters. The van der Waals surface area contributed by atoms with Crippen molar-refractivity contribution in [2.24, 2.45) is 11.8 Å². The highest BCUT2D eigenvalue weighted by atomic mass is 16.2. The number of carbonyl (C=O) groups excluding carboxylic acids is 3. The molecule has 0 saturated heterocycles. The normalized spacial score (nSPS) is 18.0. The van der Waals surface area contributed by atoms with Gasteiger partial charge in [0.1, 0.15) is 0 Å². The zero-order valence-corrected chi connectivity index (χ0v) is 14.7. The van der Waals surface area contributed by atoms with Crippen molar-refractivity contribution >= 4 is 23.3 Å². The van der Waals surface area contributed by atoms with Crippen LogP contribution in [-0.2, 0) is 16.0 Å². The Hall–Kier alpha value is -2.95. The summed E-state index contributed by atoms with van der Waals surface area (Å²) in [5.41, 5.74) is 2.41. The molecule has 1 fully saturated rings. The molecule has 0 radical (unpaired) electrons. The summed E-state index contributed by atoms with van der Waals surface area (Å²) in [6.45, 7) is 2.07. The van der Waals surface area contributed by atoms with Gasteiger partial charge < -0.3 is 10.6 Å². The van der Waals surface area contributed by atoms with Crippen LogP contribution >= 0.6 is 0 Å². The van der Waals surface area contributed by atoms with Crippen molar-refractivity contribution in [1.82, 2.24) is 5.32 Å². The molecule has 2 unspecified atom stereocenters. The van der Waals surface area contributed by atoms with Crippen LogP contribution in [0.2, 0.25) is 0 Å². The first-order chi connectivity index (χ1) is 12.5. The van der Waals surface area contributed by atoms with Gasteiger partial charge in [-0.1, -0.05) is 30.3 Å². The Balaban J connectivity index is 1.43. The standard InChI is InChI=1S/C21H22N2O3/c1-14(24)16-7-9-17(10-8-16)23-21(26)19-13-18(19)20(25)22-12-11-15-5-3-2-4-6-15/h2-10,18-19H,11-13H2,1H3,(H,22,25)(H,23,26). The second kappa shape index (κ2) is 7.95. The summed E-state index contributed by atoms with van der Waals surface area (Å²) in [5.74, 6) is -0.754. The lowest BCUT2D eigenvalue weighted by Gasteiger charge is -2.07. The topological polar surface area (TPSA) is 75.3 Å². The number of rotatable bonds is 7. The molecule has 0 bridgehead atoms. The fourth-order valence-electron chi connectivity index (χ4n) is 2.90. The molecule has 26 heavy (non-hydrogen) atoms. The smallest absolute Gasteiger partial charge is 0.228 e. The molecule has 1 aliphatic carbocycles. The van der Waals surface area contributed by atoms with Crippen LogP contribution < -0.4 is 10.6 Å². The molecule has 5 nitrogen and oxygen atoms in total. The van der Waals surface area contributed by atoms with Gasteiger partial charge in [-0.2, -0.15) is 0 Å². The van der Waals surface area contributed by atoms with Crippen LogP contribution in [0.3, 0.4) is 0 Å². The van der Waals surface area contributed by atoms with Crippen LogP contribution in [0.25, 0.3) is 0 Å². The van der Waals surface area contributed by atoms with E-state index in [9.17, 15) is 14.4 Å². The number of anilines is 1. The Morgan fingerprint density at radius 3 is 2.23 bits per heavy atom. The minimum absolute atomic E-state index is 0.0164. The van der Waals surface area contributed by atoms with Gasteiger partial charge in [0.25, 0.3) is 0 Å². The van der Waals surface area contributed by atoms with Gasteiger partial charge in [0.15, 0.2) is 5.78 Å². The quantitative estimate of drug-likeness (QED) is 0.754. The van der Waals surface area contributed by atoms with E-state index in [-0.39, 0.29) is 29.4 Å². The Morgan fingerprint density at radius 1 is 0.923 bits per heavy atom. The highest BCUT2D eigenvalue weighted by Gasteiger charge is 2.47. The Kier molecular flexibility index (Phi) is 5.46. The first-order valence-corrected chi connectivity index (χ1v) is 8.78. The fourth-order valence-corrected chi connectivity index (χ4v) is 2.90. The third kappa shape index (κ3) is 4.57. The van der Waals surface area contributed by atoms with E-state index in [1.54, 1.807) is 24.3 Å². The average molecular weight is 350 g/mol. The van der Waals surface area contributed by atoms with Crippen LogP contribution in [-0.4, -0.2) is 24.1 Å². The molecule has 2 aromatic rings. The molecule has 2 N–H and O–H groups in total. The van der Waals surface area contributed by atoms with Crippen LogP contribution in [0.1, 0.15) is 29.3 Å². The molecular formula is C21H22N2O3. The second-order valence-electron chi connectivity index (χ2n) is 6.60. The van der Waals surface area contributed by atoms with Crippen molar-refractivity contribution in [3.05, 3.63) is 65.7 Å². The monoisotopic (exact) mass is 350 g/mol. The first-order valence-electron chi connectivity index (χ1n) is 8.78. The minimum Gasteiger partial charge on any atom is -0.356 e. The molecule has 134 valence electrons. The number of hydrogen-bond acceptors (Lipinski definition) is 3. The van der Waals surface area contributed by atoms with E-state index >= 15 is 0 Å². The predicted molar refractivity (Wildman–Crippen MR) is 99.8 cm³/mol. The van der Waals surface area contributed by atoms with Crippen molar-refractivity contribution in [3.63, 3.8) is 0 Å². The van der Waals surface area contributed by atoms with Crippen molar-refractivity contribution in [2.75, 3.05) is 11.9 Å². The summed E-state index contributed by atoms with van der Waals surface area (Å²) in [6.07, 6.45) is 1.35. The van der Waals surface area contributed by atoms with Crippen LogP contribution in [0.5, 0.6) is 0 Å². The summed E-state index contributed by atoms with van der Waals surface area (Å²) >= 11 is 0. The second-order valence-corrected chi connectivity index (χ2v) is 6.60. The van der Waals surface area contributed by atoms with Gasteiger partial charge in [0, 0.05) is 17.8 Å². The van der Waals surface area contributed by atoms with Gasteiger partial charge in [0.05, 0.1) is 11.8 Å². The zero-order chi connectivity index (χ0) is 18.5. The number of carbonyl (C=O) groups is 3. The van der Waals surface area contributed by atoms with Crippen LogP contribution in [0.4, 0.5) is 5.69 Å². The van der Waals surface area contributed by atoms with Crippen LogP contribution in [0.15, 0.2) is 54.6 Å². The SMILES string of the molecule is CC(=O)c1ccc(NC(=O)C2CC2C(=O)NCCc2ccccc2)cc1. The lowest BCUT2D eigenvalue weighted by Crippen LogP contribution is -2.29. The average Bonchev–Trinajstić information content (AvgIpc) is 3.44. The van der Waals surface area contributed by atoms with Gasteiger partial charge >= 0.3 is 0 Å². The summed E-state index contributed by atoms with van der Waals surface area (Å²) in [4.78, 5) is 35.7. The first kappa shape index (κ1) is 17.9. The molecular weight excluding hydrogens is 328 g/mol. The number of Topliss-reactive ketones (excluding diaryl/α,β-unsaturated/α-hetero) is 1. The van der Waals surface area contributed by atoms with Crippen molar-refractivity contribution in [2.45, 2.75) is 19.8 Å². The van der Waals surface area contributed by atoms with Crippen molar-refractivity contribution in [3.8, 4) is 0 Å². The van der Waals surface area contributed by atoms with E-state index in [2.05, 4.69) is 10.6 Å². The van der Waals surface area contributed by atoms with Gasteiger partial charge in [-0.15, -0.1) is 0 Å². The molecule has 5 heteroatoms. The third-order valence-corrected chi connectivity index (χ3v) is 4.58. The van der Waals surface area contributed by atoms with E-state index in [0.29, 0.717) is 24.2 Å². The molecule has 1 aliphatic rings. The lowest BCUT2D eigenvalue weighted by atomic mass is 10.1. The van der Waals surface area contributed by atoms with E-state index in [1.165, 1.54) is 12.5 Å². The Labute approximate surface area is 152 Å². The van der Waals surface area contributed by atoms with Gasteiger partial charge in [-0.05, 0) is 49.6 Å². The molecule has 2 aromatic carbocycles. The largest absolute Gasteiger partial charge is 0.356 e. The summed E-state index contributed by atoms with van der Waals surface area (Å²) in [6, 6.07) is 16.7. The van der Waals surface area contributed by atoms with Gasteiger partial charge in [-0.25, -0.2) is 0 Å². The van der Waals surface area contributed by atoms with Gasteiger partial charge in [0.2, 0.25) is 11.8 Å². The number of benzene rings is 2. The third-order valence-electron chi connectivity index (χ3n) is 4.58. The predicted octanol–water partition coefficient (Wildman–Crippen LogP) is 2.82. The van der Waals surface area contributed by atoms with E-state index in [0.717, 1.165) is 6.42 Å². The van der Waals surface area contributed by atoms with Crippen molar-refractivity contribution < 1.29 is 14.4 Å². The fraction of sp³-hybridized carbons (Fsp3) is 0.286. The summed E-state index contributed by atoms with van der Waals surface area (Å²) < 4.78 is 0. The Bertz CT molecular complexity index is 800. The molecule has 0 heterocycles. The molecule has 1 saturated carbocycles. The van der Waals surface area contributed by atoms with Crippen molar-refractivity contribution in [1.29, 1.82) is 0 Å². The number of hydrogen-bond donors (Lipinski definition) is 2. The van der Waals surface area contributed by atoms with Crippen LogP contribution in [0, 0.1) is 11.8 Å². The lowest BCUT2D eigenvalue weighted by molar-refractivity contribution is -0.125. The minimum atomic E-state index is -0.279. The maximum Gasteiger partial charge on any atom is 0.228 e. The van der Waals surface area contributed by atoms with E-state index in [4.69, 9.17) is 0 Å². The number of amides is 2. The maximum atomic E-state index is 12.2. The van der Waals surface area contributed by atoms with E-state index < -0.39 is 0 Å². The molecule has 2 amide bonds. The molecule has 0 aromatic heterocycles. The highest BCUT2D eigenvalue weighted by molar-refractivity contribution is 6.00. The number of nitrogens with one attached hydrogen (secondary N) is 2.